The zero-order valence-corrected chi connectivity index (χ0v) is 17.2. The third-order valence-corrected chi connectivity index (χ3v) is 4.41. The molecule has 6 nitrogen and oxygen atoms in total. The standard InChI is InChI=1S/C23H26N2O4/c1-23(2,3)29-22(27)25-19-13-9-8-12-17(19)18(20(25)21(26)28-4)15-24-14-16-10-6-5-7-11-16/h5-13,24H,14-15H2,1-4H3. The first kappa shape index (κ1) is 20.6. The van der Waals surface area contributed by atoms with Gasteiger partial charge in [-0.25, -0.2) is 14.2 Å². The maximum atomic E-state index is 12.9. The van der Waals surface area contributed by atoms with Gasteiger partial charge in [-0.15, -0.1) is 0 Å². The van der Waals surface area contributed by atoms with Crippen molar-refractivity contribution in [3.8, 4) is 0 Å². The van der Waals surface area contributed by atoms with Crippen LogP contribution in [0.2, 0.25) is 0 Å². The van der Waals surface area contributed by atoms with Crippen LogP contribution in [0.3, 0.4) is 0 Å². The van der Waals surface area contributed by atoms with E-state index in [1.807, 2.05) is 48.5 Å². The minimum absolute atomic E-state index is 0.184. The minimum atomic E-state index is -0.693. The highest BCUT2D eigenvalue weighted by atomic mass is 16.6. The first-order valence-electron chi connectivity index (χ1n) is 9.50. The Kier molecular flexibility index (Phi) is 6.03. The van der Waals surface area contributed by atoms with Crippen molar-refractivity contribution >= 4 is 23.0 Å². The summed E-state index contributed by atoms with van der Waals surface area (Å²) in [5, 5.41) is 4.16. The molecule has 0 unspecified atom stereocenters. The topological polar surface area (TPSA) is 69.6 Å². The molecule has 0 atom stereocenters. The SMILES string of the molecule is COC(=O)c1c(CNCc2ccccc2)c2ccccc2n1C(=O)OC(C)(C)C. The summed E-state index contributed by atoms with van der Waals surface area (Å²) in [7, 11) is 1.31. The molecule has 0 bridgehead atoms. The Labute approximate surface area is 170 Å². The largest absolute Gasteiger partial charge is 0.464 e. The van der Waals surface area contributed by atoms with Crippen LogP contribution in [-0.2, 0) is 22.6 Å². The predicted octanol–water partition coefficient (Wildman–Crippen LogP) is 4.50. The summed E-state index contributed by atoms with van der Waals surface area (Å²) < 4.78 is 11.9. The molecule has 2 aromatic carbocycles. The number of nitrogens with zero attached hydrogens (tertiary/aromatic N) is 1. The molecule has 6 heteroatoms. The van der Waals surface area contributed by atoms with Gasteiger partial charge in [0.05, 0.1) is 12.6 Å². The van der Waals surface area contributed by atoms with Gasteiger partial charge in [0.2, 0.25) is 0 Å². The second kappa shape index (κ2) is 8.49. The van der Waals surface area contributed by atoms with E-state index in [4.69, 9.17) is 9.47 Å². The van der Waals surface area contributed by atoms with Gasteiger partial charge in [-0.05, 0) is 32.4 Å². The molecule has 0 radical (unpaired) electrons. The smallest absolute Gasteiger partial charge is 0.419 e. The van der Waals surface area contributed by atoms with Crippen LogP contribution in [-0.4, -0.2) is 29.3 Å². The van der Waals surface area contributed by atoms with E-state index in [1.54, 1.807) is 26.8 Å². The van der Waals surface area contributed by atoms with E-state index in [9.17, 15) is 9.59 Å². The first-order valence-corrected chi connectivity index (χ1v) is 9.50. The van der Waals surface area contributed by atoms with Crippen molar-refractivity contribution in [2.75, 3.05) is 7.11 Å². The van der Waals surface area contributed by atoms with Crippen molar-refractivity contribution in [2.45, 2.75) is 39.5 Å². The van der Waals surface area contributed by atoms with Crippen LogP contribution >= 0.6 is 0 Å². The lowest BCUT2D eigenvalue weighted by atomic mass is 10.1. The molecule has 1 aromatic heterocycles. The van der Waals surface area contributed by atoms with Crippen LogP contribution < -0.4 is 5.32 Å². The van der Waals surface area contributed by atoms with Crippen molar-refractivity contribution in [3.63, 3.8) is 0 Å². The zero-order valence-electron chi connectivity index (χ0n) is 17.2. The van der Waals surface area contributed by atoms with E-state index in [-0.39, 0.29) is 5.69 Å². The fourth-order valence-electron chi connectivity index (χ4n) is 3.22. The highest BCUT2D eigenvalue weighted by Crippen LogP contribution is 2.28. The molecule has 0 saturated heterocycles. The van der Waals surface area contributed by atoms with Crippen molar-refractivity contribution in [3.05, 3.63) is 71.4 Å². The van der Waals surface area contributed by atoms with E-state index >= 15 is 0 Å². The number of para-hydroxylation sites is 1. The van der Waals surface area contributed by atoms with Crippen LogP contribution in [0.4, 0.5) is 4.79 Å². The fourth-order valence-corrected chi connectivity index (χ4v) is 3.22. The molecule has 0 amide bonds. The lowest BCUT2D eigenvalue weighted by molar-refractivity contribution is 0.0488. The summed E-state index contributed by atoms with van der Waals surface area (Å²) in [5.41, 5.74) is 1.93. The Morgan fingerprint density at radius 1 is 0.966 bits per heavy atom. The highest BCUT2D eigenvalue weighted by Gasteiger charge is 2.29. The van der Waals surface area contributed by atoms with Crippen LogP contribution in [0.15, 0.2) is 54.6 Å². The molecule has 3 rings (SSSR count). The number of hydrogen-bond donors (Lipinski definition) is 1. The Morgan fingerprint density at radius 3 is 2.28 bits per heavy atom. The Hall–Kier alpha value is -3.12. The molecule has 29 heavy (non-hydrogen) atoms. The number of rotatable bonds is 5. The number of fused-ring (bicyclic) bond motifs is 1. The van der Waals surface area contributed by atoms with Gasteiger partial charge >= 0.3 is 12.1 Å². The maximum Gasteiger partial charge on any atom is 0.419 e. The van der Waals surface area contributed by atoms with Gasteiger partial charge < -0.3 is 14.8 Å². The molecular formula is C23H26N2O4. The molecule has 152 valence electrons. The molecule has 0 aliphatic heterocycles. The number of ether oxygens (including phenoxy) is 2. The number of hydrogen-bond acceptors (Lipinski definition) is 5. The summed E-state index contributed by atoms with van der Waals surface area (Å²) in [6.07, 6.45) is -0.608. The molecule has 3 aromatic rings. The van der Waals surface area contributed by atoms with E-state index in [0.717, 1.165) is 10.9 Å². The Balaban J connectivity index is 2.03. The first-order chi connectivity index (χ1) is 13.8. The molecule has 0 aliphatic carbocycles. The Morgan fingerprint density at radius 2 is 1.62 bits per heavy atom. The van der Waals surface area contributed by atoms with Gasteiger partial charge in [0.25, 0.3) is 0 Å². The van der Waals surface area contributed by atoms with Crippen LogP contribution in [0.5, 0.6) is 0 Å². The van der Waals surface area contributed by atoms with Gasteiger partial charge in [0, 0.05) is 24.0 Å². The summed E-state index contributed by atoms with van der Waals surface area (Å²) in [6.45, 7) is 6.40. The highest BCUT2D eigenvalue weighted by molar-refractivity contribution is 6.04. The number of carbonyl (C=O) groups excluding carboxylic acids is 2. The second-order valence-electron chi connectivity index (χ2n) is 7.74. The number of esters is 1. The number of nitrogens with one attached hydrogen (secondary N) is 1. The average Bonchev–Trinajstić information content (AvgIpc) is 3.01. The predicted molar refractivity (Wildman–Crippen MR) is 112 cm³/mol. The third-order valence-electron chi connectivity index (χ3n) is 4.41. The number of carbonyl (C=O) groups is 2. The van der Waals surface area contributed by atoms with Crippen LogP contribution in [0, 0.1) is 0 Å². The van der Waals surface area contributed by atoms with Crippen molar-refractivity contribution in [1.29, 1.82) is 0 Å². The third kappa shape index (κ3) is 4.66. The maximum absolute atomic E-state index is 12.9. The number of aromatic nitrogens is 1. The lowest BCUT2D eigenvalue weighted by Crippen LogP contribution is -2.29. The quantitative estimate of drug-likeness (QED) is 0.645. The van der Waals surface area contributed by atoms with Crippen molar-refractivity contribution in [2.24, 2.45) is 0 Å². The second-order valence-corrected chi connectivity index (χ2v) is 7.74. The lowest BCUT2D eigenvalue weighted by Gasteiger charge is -2.20. The van der Waals surface area contributed by atoms with Crippen molar-refractivity contribution < 1.29 is 19.1 Å². The van der Waals surface area contributed by atoms with E-state index in [0.29, 0.717) is 24.2 Å². The molecular weight excluding hydrogens is 368 g/mol. The van der Waals surface area contributed by atoms with Crippen LogP contribution in [0.25, 0.3) is 10.9 Å². The molecule has 0 spiro atoms. The molecule has 1 heterocycles. The summed E-state index contributed by atoms with van der Waals surface area (Å²) in [6, 6.07) is 17.4. The van der Waals surface area contributed by atoms with E-state index in [1.165, 1.54) is 11.7 Å². The minimum Gasteiger partial charge on any atom is -0.464 e. The van der Waals surface area contributed by atoms with Gasteiger partial charge in [-0.3, -0.25) is 0 Å². The van der Waals surface area contributed by atoms with E-state index < -0.39 is 17.7 Å². The fraction of sp³-hybridized carbons (Fsp3) is 0.304. The Bertz CT molecular complexity index is 1020. The number of methoxy groups -OCH3 is 1. The average molecular weight is 394 g/mol. The number of benzene rings is 2. The summed E-state index contributed by atoms with van der Waals surface area (Å²) >= 11 is 0. The molecule has 1 N–H and O–H groups in total. The zero-order chi connectivity index (χ0) is 21.0. The molecule has 0 fully saturated rings. The van der Waals surface area contributed by atoms with Gasteiger partial charge in [0.15, 0.2) is 0 Å². The van der Waals surface area contributed by atoms with Crippen molar-refractivity contribution in [1.82, 2.24) is 9.88 Å². The van der Waals surface area contributed by atoms with Crippen LogP contribution in [0.1, 0.15) is 42.4 Å². The van der Waals surface area contributed by atoms with E-state index in [2.05, 4.69) is 5.32 Å². The van der Waals surface area contributed by atoms with Gasteiger partial charge in [0.1, 0.15) is 11.3 Å². The summed E-state index contributed by atoms with van der Waals surface area (Å²) in [4.78, 5) is 25.6. The van der Waals surface area contributed by atoms with Gasteiger partial charge in [-0.1, -0.05) is 48.5 Å². The monoisotopic (exact) mass is 394 g/mol. The molecule has 0 saturated carbocycles. The summed E-state index contributed by atoms with van der Waals surface area (Å²) in [5.74, 6) is -0.580. The molecule has 0 aliphatic rings. The van der Waals surface area contributed by atoms with Gasteiger partial charge in [-0.2, -0.15) is 0 Å². The normalized spacial score (nSPS) is 11.4.